The lowest BCUT2D eigenvalue weighted by molar-refractivity contribution is 0.671. The summed E-state index contributed by atoms with van der Waals surface area (Å²) in [4.78, 5) is 0. The van der Waals surface area contributed by atoms with Crippen LogP contribution >= 0.6 is 0 Å². The Balaban J connectivity index is 0.000000963. The van der Waals surface area contributed by atoms with Crippen molar-refractivity contribution in [1.29, 1.82) is 5.26 Å². The van der Waals surface area contributed by atoms with Crippen LogP contribution in [-0.4, -0.2) is 4.57 Å². The van der Waals surface area contributed by atoms with E-state index in [1.165, 1.54) is 17.7 Å². The van der Waals surface area contributed by atoms with Crippen molar-refractivity contribution in [2.45, 2.75) is 6.92 Å². The molecule has 2 heterocycles. The fraction of sp³-hybridized carbons (Fsp3) is 0.0263. The van der Waals surface area contributed by atoms with E-state index < -0.39 is 0 Å². The SMILES string of the molecule is CC#N.NN(c1ccccc1)c1ccccc1-c1cccc(-n2c3ccccc3c3ccc4c5ccccc5oc4c32)c1. The second kappa shape index (κ2) is 10.9. The van der Waals surface area contributed by atoms with Gasteiger partial charge in [-0.1, -0.05) is 91.0 Å². The van der Waals surface area contributed by atoms with Crippen molar-refractivity contribution in [3.8, 4) is 22.9 Å². The van der Waals surface area contributed by atoms with Crippen molar-refractivity contribution < 1.29 is 4.42 Å². The Morgan fingerprint density at radius 3 is 2.19 bits per heavy atom. The van der Waals surface area contributed by atoms with Crippen LogP contribution in [0.3, 0.4) is 0 Å². The number of nitrogens with zero attached hydrogens (tertiary/aromatic N) is 3. The number of fused-ring (bicyclic) bond motifs is 7. The number of aromatic nitrogens is 1. The minimum atomic E-state index is 0.897. The van der Waals surface area contributed by atoms with Crippen LogP contribution in [-0.2, 0) is 0 Å². The lowest BCUT2D eigenvalue weighted by Crippen LogP contribution is -2.25. The Morgan fingerprint density at radius 2 is 1.35 bits per heavy atom. The molecule has 0 atom stereocenters. The summed E-state index contributed by atoms with van der Waals surface area (Å²) < 4.78 is 8.86. The zero-order valence-corrected chi connectivity index (χ0v) is 23.6. The smallest absolute Gasteiger partial charge is 0.160 e. The summed E-state index contributed by atoms with van der Waals surface area (Å²) in [5, 5.41) is 13.7. The van der Waals surface area contributed by atoms with Gasteiger partial charge in [-0.15, -0.1) is 0 Å². The van der Waals surface area contributed by atoms with Gasteiger partial charge in [-0.05, 0) is 54.1 Å². The van der Waals surface area contributed by atoms with Crippen molar-refractivity contribution in [2.75, 3.05) is 5.01 Å². The molecule has 0 unspecified atom stereocenters. The Bertz CT molecular complexity index is 2290. The standard InChI is InChI=1S/C36H25N3O.C2H3N/c37-39(25-12-2-1-3-13-25)33-19-8-4-15-27(33)24-11-10-14-26(23-24)38-32-18-7-5-16-28(32)30-21-22-31-29-17-6-9-20-34(29)40-36(31)35(30)38;1-2-3/h1-23H,37H2;1H3. The Labute approximate surface area is 249 Å². The molecule has 2 aromatic heterocycles. The van der Waals surface area contributed by atoms with Gasteiger partial charge in [-0.2, -0.15) is 5.26 Å². The van der Waals surface area contributed by atoms with Crippen LogP contribution in [0.25, 0.3) is 60.6 Å². The van der Waals surface area contributed by atoms with Gasteiger partial charge in [-0.3, -0.25) is 5.01 Å². The van der Waals surface area contributed by atoms with Gasteiger partial charge in [0.25, 0.3) is 0 Å². The zero-order valence-electron chi connectivity index (χ0n) is 23.6. The molecule has 0 aliphatic rings. The molecule has 5 nitrogen and oxygen atoms in total. The van der Waals surface area contributed by atoms with Crippen LogP contribution in [0.2, 0.25) is 0 Å². The molecule has 0 aliphatic heterocycles. The maximum absolute atomic E-state index is 7.32. The van der Waals surface area contributed by atoms with Gasteiger partial charge >= 0.3 is 0 Å². The summed E-state index contributed by atoms with van der Waals surface area (Å²) in [6.07, 6.45) is 0. The Morgan fingerprint density at radius 1 is 0.674 bits per heavy atom. The van der Waals surface area contributed by atoms with Crippen molar-refractivity contribution in [2.24, 2.45) is 5.84 Å². The highest BCUT2D eigenvalue weighted by atomic mass is 16.3. The summed E-state index contributed by atoms with van der Waals surface area (Å²) in [6.45, 7) is 1.43. The summed E-state index contributed by atoms with van der Waals surface area (Å²) in [7, 11) is 0. The van der Waals surface area contributed by atoms with Crippen molar-refractivity contribution in [3.63, 3.8) is 0 Å². The van der Waals surface area contributed by atoms with E-state index in [1.54, 1.807) is 11.1 Å². The van der Waals surface area contributed by atoms with E-state index in [1.807, 2.05) is 48.5 Å². The van der Waals surface area contributed by atoms with E-state index in [-0.39, 0.29) is 0 Å². The number of benzene rings is 6. The van der Waals surface area contributed by atoms with Crippen LogP contribution in [0.1, 0.15) is 6.92 Å². The minimum absolute atomic E-state index is 0.897. The predicted molar refractivity (Wildman–Crippen MR) is 178 cm³/mol. The molecule has 0 spiro atoms. The molecule has 0 radical (unpaired) electrons. The van der Waals surface area contributed by atoms with E-state index in [0.717, 1.165) is 61.2 Å². The molecule has 0 fully saturated rings. The largest absolute Gasteiger partial charge is 0.454 e. The number of hydrogen-bond acceptors (Lipinski definition) is 4. The van der Waals surface area contributed by atoms with E-state index in [9.17, 15) is 0 Å². The monoisotopic (exact) mass is 556 g/mol. The highest BCUT2D eigenvalue weighted by molar-refractivity contribution is 6.21. The van der Waals surface area contributed by atoms with Crippen LogP contribution in [0.5, 0.6) is 0 Å². The quantitative estimate of drug-likeness (QED) is 0.173. The van der Waals surface area contributed by atoms with Crippen molar-refractivity contribution in [3.05, 3.63) is 140 Å². The molecule has 43 heavy (non-hydrogen) atoms. The molecular formula is C38H28N4O. The molecule has 0 amide bonds. The van der Waals surface area contributed by atoms with Gasteiger partial charge < -0.3 is 8.98 Å². The van der Waals surface area contributed by atoms with Crippen molar-refractivity contribution in [1.82, 2.24) is 4.57 Å². The third-order valence-electron chi connectivity index (χ3n) is 7.79. The third-order valence-corrected chi connectivity index (χ3v) is 7.79. The molecule has 6 aromatic carbocycles. The van der Waals surface area contributed by atoms with Gasteiger partial charge in [0.15, 0.2) is 5.58 Å². The van der Waals surface area contributed by atoms with Gasteiger partial charge in [0, 0.05) is 39.7 Å². The van der Waals surface area contributed by atoms with E-state index in [2.05, 4.69) is 95.6 Å². The molecule has 206 valence electrons. The summed E-state index contributed by atoms with van der Waals surface area (Å²) in [5.74, 6) is 6.65. The molecule has 5 heteroatoms. The Kier molecular flexibility index (Phi) is 6.59. The molecule has 8 aromatic rings. The molecule has 8 rings (SSSR count). The number of furan rings is 1. The van der Waals surface area contributed by atoms with Crippen LogP contribution in [0, 0.1) is 11.3 Å². The van der Waals surface area contributed by atoms with Crippen LogP contribution in [0.4, 0.5) is 11.4 Å². The Hall–Kier alpha value is -5.83. The highest BCUT2D eigenvalue weighted by Crippen LogP contribution is 2.41. The number of nitriles is 1. The molecule has 0 saturated carbocycles. The topological polar surface area (TPSA) is 71.1 Å². The second-order valence-corrected chi connectivity index (χ2v) is 10.3. The fourth-order valence-corrected chi connectivity index (χ4v) is 5.97. The second-order valence-electron chi connectivity index (χ2n) is 10.3. The number of hydrogen-bond donors (Lipinski definition) is 1. The summed E-state index contributed by atoms with van der Waals surface area (Å²) in [6, 6.07) is 49.9. The lowest BCUT2D eigenvalue weighted by atomic mass is 10.0. The summed E-state index contributed by atoms with van der Waals surface area (Å²) in [5.41, 5.74) is 9.09. The normalized spacial score (nSPS) is 11.0. The lowest BCUT2D eigenvalue weighted by Gasteiger charge is -2.22. The molecule has 0 saturated heterocycles. The first kappa shape index (κ1) is 26.1. The zero-order chi connectivity index (χ0) is 29.3. The first-order valence-corrected chi connectivity index (χ1v) is 14.1. The molecule has 2 N–H and O–H groups in total. The van der Waals surface area contributed by atoms with E-state index in [4.69, 9.17) is 15.5 Å². The number of nitrogens with two attached hydrogens (primary N) is 1. The predicted octanol–water partition coefficient (Wildman–Crippen LogP) is 9.89. The maximum atomic E-state index is 7.32. The van der Waals surface area contributed by atoms with Gasteiger partial charge in [0.05, 0.1) is 28.5 Å². The number of hydrazine groups is 1. The molecular weight excluding hydrogens is 528 g/mol. The average molecular weight is 557 g/mol. The third kappa shape index (κ3) is 4.38. The van der Waals surface area contributed by atoms with Crippen LogP contribution < -0.4 is 10.9 Å². The van der Waals surface area contributed by atoms with Crippen LogP contribution in [0.15, 0.2) is 144 Å². The van der Waals surface area contributed by atoms with Crippen molar-refractivity contribution >= 4 is 55.1 Å². The fourth-order valence-electron chi connectivity index (χ4n) is 5.97. The number of rotatable bonds is 4. The highest BCUT2D eigenvalue weighted by Gasteiger charge is 2.19. The van der Waals surface area contributed by atoms with Gasteiger partial charge in [0.1, 0.15) is 5.58 Å². The molecule has 0 bridgehead atoms. The van der Waals surface area contributed by atoms with Gasteiger partial charge in [0.2, 0.25) is 0 Å². The van der Waals surface area contributed by atoms with E-state index >= 15 is 0 Å². The minimum Gasteiger partial charge on any atom is -0.454 e. The summed E-state index contributed by atoms with van der Waals surface area (Å²) >= 11 is 0. The number of anilines is 2. The van der Waals surface area contributed by atoms with Gasteiger partial charge in [-0.25, -0.2) is 5.84 Å². The first-order valence-electron chi connectivity index (χ1n) is 14.1. The average Bonchev–Trinajstić information content (AvgIpc) is 3.61. The van der Waals surface area contributed by atoms with E-state index in [0.29, 0.717) is 0 Å². The maximum Gasteiger partial charge on any atom is 0.160 e. The number of para-hydroxylation sites is 4. The molecule has 0 aliphatic carbocycles. The first-order chi connectivity index (χ1) is 21.2.